The number of hydrogen-bond donors (Lipinski definition) is 1. The van der Waals surface area contributed by atoms with Crippen LogP contribution >= 0.6 is 22.9 Å². The predicted octanol–water partition coefficient (Wildman–Crippen LogP) is 3.93. The average Bonchev–Trinajstić information content (AvgIpc) is 3.22. The number of benzene rings is 1. The molecule has 0 atom stereocenters. The summed E-state index contributed by atoms with van der Waals surface area (Å²) >= 11 is 7.39. The first-order valence-electron chi connectivity index (χ1n) is 7.44. The normalized spacial score (nSPS) is 10.6. The van der Waals surface area contributed by atoms with Crippen molar-refractivity contribution in [1.82, 2.24) is 20.0 Å². The van der Waals surface area contributed by atoms with Gasteiger partial charge in [0.05, 0.1) is 22.8 Å². The first-order chi connectivity index (χ1) is 11.6. The molecule has 2 heterocycles. The van der Waals surface area contributed by atoms with Gasteiger partial charge in [-0.2, -0.15) is 5.10 Å². The van der Waals surface area contributed by atoms with Crippen LogP contribution in [-0.4, -0.2) is 27.8 Å². The summed E-state index contributed by atoms with van der Waals surface area (Å²) in [6, 6.07) is 13.5. The number of nitrogens with one attached hydrogen (secondary N) is 1. The van der Waals surface area contributed by atoms with Crippen LogP contribution in [0.3, 0.4) is 0 Å². The lowest BCUT2D eigenvalue weighted by Crippen LogP contribution is -2.36. The van der Waals surface area contributed by atoms with Crippen LogP contribution in [0.5, 0.6) is 0 Å². The fourth-order valence-corrected chi connectivity index (χ4v) is 3.37. The molecule has 3 rings (SSSR count). The van der Waals surface area contributed by atoms with E-state index in [1.807, 2.05) is 48.7 Å². The maximum Gasteiger partial charge on any atom is 0.317 e. The summed E-state index contributed by atoms with van der Waals surface area (Å²) in [6.45, 7) is 0.966. The number of amides is 2. The summed E-state index contributed by atoms with van der Waals surface area (Å²) in [4.78, 5) is 14.8. The summed E-state index contributed by atoms with van der Waals surface area (Å²) < 4.78 is 2.52. The number of carbonyl (C=O) groups is 1. The van der Waals surface area contributed by atoms with Gasteiger partial charge in [-0.25, -0.2) is 9.48 Å². The third-order valence-electron chi connectivity index (χ3n) is 3.47. The highest BCUT2D eigenvalue weighted by Crippen LogP contribution is 2.22. The Hall–Kier alpha value is -2.31. The van der Waals surface area contributed by atoms with E-state index in [0.29, 0.717) is 13.1 Å². The molecule has 7 heteroatoms. The molecule has 0 fully saturated rings. The van der Waals surface area contributed by atoms with E-state index in [9.17, 15) is 4.79 Å². The summed E-state index contributed by atoms with van der Waals surface area (Å²) in [6.07, 6.45) is 3.67. The maximum atomic E-state index is 12.2. The second-order valence-corrected chi connectivity index (χ2v) is 7.15. The van der Waals surface area contributed by atoms with Crippen molar-refractivity contribution in [2.45, 2.75) is 13.1 Å². The number of thiophene rings is 1. The zero-order valence-corrected chi connectivity index (χ0v) is 14.7. The van der Waals surface area contributed by atoms with Crippen LogP contribution in [0.4, 0.5) is 4.79 Å². The Labute approximate surface area is 149 Å². The van der Waals surface area contributed by atoms with E-state index < -0.39 is 0 Å². The first-order valence-corrected chi connectivity index (χ1v) is 8.63. The van der Waals surface area contributed by atoms with Crippen molar-refractivity contribution < 1.29 is 4.79 Å². The Balaban J connectivity index is 1.53. The minimum absolute atomic E-state index is 0.132. The molecule has 3 aromatic rings. The van der Waals surface area contributed by atoms with E-state index >= 15 is 0 Å². The fraction of sp³-hybridized carbons (Fsp3) is 0.176. The lowest BCUT2D eigenvalue weighted by Gasteiger charge is -2.16. The zero-order valence-electron chi connectivity index (χ0n) is 13.1. The molecule has 0 aliphatic carbocycles. The van der Waals surface area contributed by atoms with Crippen molar-refractivity contribution >= 4 is 29.0 Å². The van der Waals surface area contributed by atoms with Crippen LogP contribution in [0.25, 0.3) is 5.69 Å². The smallest absolute Gasteiger partial charge is 0.317 e. The number of nitrogens with zero attached hydrogens (tertiary/aromatic N) is 3. The molecule has 5 nitrogen and oxygen atoms in total. The minimum atomic E-state index is -0.132. The van der Waals surface area contributed by atoms with Crippen LogP contribution in [0.2, 0.25) is 4.34 Å². The summed E-state index contributed by atoms with van der Waals surface area (Å²) in [5, 5.41) is 7.21. The van der Waals surface area contributed by atoms with Crippen LogP contribution in [0, 0.1) is 0 Å². The van der Waals surface area contributed by atoms with E-state index in [1.54, 1.807) is 22.8 Å². The van der Waals surface area contributed by atoms with Gasteiger partial charge in [-0.3, -0.25) is 0 Å². The molecule has 0 saturated heterocycles. The van der Waals surface area contributed by atoms with Crippen molar-refractivity contribution in [2.75, 3.05) is 7.05 Å². The monoisotopic (exact) mass is 360 g/mol. The van der Waals surface area contributed by atoms with E-state index in [0.717, 1.165) is 20.5 Å². The molecule has 0 aliphatic rings. The maximum absolute atomic E-state index is 12.2. The highest BCUT2D eigenvalue weighted by Gasteiger charge is 2.10. The van der Waals surface area contributed by atoms with Crippen molar-refractivity contribution in [3.05, 3.63) is 69.6 Å². The molecule has 0 bridgehead atoms. The van der Waals surface area contributed by atoms with Gasteiger partial charge in [0.1, 0.15) is 0 Å². The van der Waals surface area contributed by atoms with Crippen molar-refractivity contribution in [2.24, 2.45) is 0 Å². The Morgan fingerprint density at radius 2 is 2.08 bits per heavy atom. The average molecular weight is 361 g/mol. The molecule has 1 aromatic carbocycles. The molecule has 0 spiro atoms. The van der Waals surface area contributed by atoms with E-state index in [-0.39, 0.29) is 6.03 Å². The van der Waals surface area contributed by atoms with Crippen molar-refractivity contribution in [3.8, 4) is 5.69 Å². The largest absolute Gasteiger partial charge is 0.334 e. The molecule has 124 valence electrons. The highest BCUT2D eigenvalue weighted by molar-refractivity contribution is 7.16. The third-order valence-corrected chi connectivity index (χ3v) is 4.69. The number of halogens is 1. The van der Waals surface area contributed by atoms with E-state index in [2.05, 4.69) is 10.4 Å². The van der Waals surface area contributed by atoms with Gasteiger partial charge in [-0.05, 0) is 24.3 Å². The topological polar surface area (TPSA) is 50.2 Å². The zero-order chi connectivity index (χ0) is 16.9. The Morgan fingerprint density at radius 1 is 1.29 bits per heavy atom. The van der Waals surface area contributed by atoms with Gasteiger partial charge in [0.25, 0.3) is 0 Å². The van der Waals surface area contributed by atoms with Crippen LogP contribution in [-0.2, 0) is 13.1 Å². The van der Waals surface area contributed by atoms with Gasteiger partial charge in [-0.1, -0.05) is 29.8 Å². The number of rotatable bonds is 5. The number of hydrogen-bond acceptors (Lipinski definition) is 3. The number of carbonyl (C=O) groups excluding carboxylic acids is 1. The Bertz CT molecular complexity index is 815. The molecule has 0 radical (unpaired) electrons. The minimum Gasteiger partial charge on any atom is -0.334 e. The lowest BCUT2D eigenvalue weighted by molar-refractivity contribution is 0.207. The molecule has 0 aliphatic heterocycles. The van der Waals surface area contributed by atoms with Gasteiger partial charge in [0.15, 0.2) is 0 Å². The van der Waals surface area contributed by atoms with Gasteiger partial charge in [-0.15, -0.1) is 11.3 Å². The fourth-order valence-electron chi connectivity index (χ4n) is 2.23. The van der Waals surface area contributed by atoms with E-state index in [1.165, 1.54) is 11.3 Å². The molecule has 0 unspecified atom stereocenters. The van der Waals surface area contributed by atoms with Gasteiger partial charge in [0, 0.05) is 30.2 Å². The molecule has 24 heavy (non-hydrogen) atoms. The summed E-state index contributed by atoms with van der Waals surface area (Å²) in [5.74, 6) is 0. The quantitative estimate of drug-likeness (QED) is 0.749. The number of para-hydroxylation sites is 1. The molecule has 1 N–H and O–H groups in total. The predicted molar refractivity (Wildman–Crippen MR) is 96.6 cm³/mol. The summed E-state index contributed by atoms with van der Waals surface area (Å²) in [7, 11) is 1.76. The molecular formula is C17H17ClN4OS. The Kier molecular flexibility index (Phi) is 5.17. The van der Waals surface area contributed by atoms with Gasteiger partial charge < -0.3 is 10.2 Å². The van der Waals surface area contributed by atoms with E-state index in [4.69, 9.17) is 11.6 Å². The lowest BCUT2D eigenvalue weighted by atomic mass is 10.3. The van der Waals surface area contributed by atoms with Crippen molar-refractivity contribution in [3.63, 3.8) is 0 Å². The second-order valence-electron chi connectivity index (χ2n) is 5.35. The number of urea groups is 1. The molecular weight excluding hydrogens is 344 g/mol. The molecule has 0 saturated carbocycles. The Morgan fingerprint density at radius 3 is 2.79 bits per heavy atom. The van der Waals surface area contributed by atoms with Crippen LogP contribution in [0.1, 0.15) is 10.4 Å². The van der Waals surface area contributed by atoms with Crippen LogP contribution < -0.4 is 5.32 Å². The molecule has 2 amide bonds. The SMILES string of the molecule is CN(Cc1ccc(Cl)s1)C(=O)NCc1cnn(-c2ccccc2)c1. The summed E-state index contributed by atoms with van der Waals surface area (Å²) in [5.41, 5.74) is 1.93. The molecule has 2 aromatic heterocycles. The van der Waals surface area contributed by atoms with Gasteiger partial charge >= 0.3 is 6.03 Å². The number of aromatic nitrogens is 2. The van der Waals surface area contributed by atoms with Crippen LogP contribution in [0.15, 0.2) is 54.9 Å². The third kappa shape index (κ3) is 4.15. The van der Waals surface area contributed by atoms with Gasteiger partial charge in [0.2, 0.25) is 0 Å². The highest BCUT2D eigenvalue weighted by atomic mass is 35.5. The van der Waals surface area contributed by atoms with Crippen molar-refractivity contribution in [1.29, 1.82) is 0 Å². The first kappa shape index (κ1) is 16.5. The second kappa shape index (κ2) is 7.51. The standard InChI is InChI=1S/C17H17ClN4OS/c1-21(12-15-7-8-16(18)24-15)17(23)19-9-13-10-20-22(11-13)14-5-3-2-4-6-14/h2-8,10-11H,9,12H2,1H3,(H,19,23).